The smallest absolute Gasteiger partial charge is 0.345 e. The van der Waals surface area contributed by atoms with Gasteiger partial charge in [-0.1, -0.05) is 53.5 Å². The van der Waals surface area contributed by atoms with E-state index in [2.05, 4.69) is 15.8 Å². The number of para-hydroxylation sites is 1. The second kappa shape index (κ2) is 10.6. The fourth-order valence-corrected chi connectivity index (χ4v) is 2.92. The van der Waals surface area contributed by atoms with Crippen LogP contribution in [-0.2, 0) is 9.59 Å². The topological polar surface area (TPSA) is 96.9 Å². The number of hydrazone groups is 1. The average molecular weight is 470 g/mol. The van der Waals surface area contributed by atoms with Crippen LogP contribution in [0.5, 0.6) is 5.75 Å². The van der Waals surface area contributed by atoms with E-state index in [1.165, 1.54) is 12.3 Å². The Hall–Kier alpha value is -3.68. The lowest BCUT2D eigenvalue weighted by Gasteiger charge is -2.08. The van der Waals surface area contributed by atoms with Gasteiger partial charge in [-0.2, -0.15) is 5.10 Å². The third-order valence-electron chi connectivity index (χ3n) is 4.22. The van der Waals surface area contributed by atoms with Crippen molar-refractivity contribution in [1.29, 1.82) is 0 Å². The molecule has 0 aliphatic rings. The number of carbonyl (C=O) groups excluding carboxylic acids is 3. The summed E-state index contributed by atoms with van der Waals surface area (Å²) < 4.78 is 5.40. The number of ether oxygens (including phenoxy) is 1. The minimum Gasteiger partial charge on any atom is -0.422 e. The molecule has 3 rings (SSSR count). The first-order valence-corrected chi connectivity index (χ1v) is 10.1. The van der Waals surface area contributed by atoms with Gasteiger partial charge in [0, 0.05) is 16.3 Å². The third kappa shape index (κ3) is 5.94. The van der Waals surface area contributed by atoms with E-state index in [4.69, 9.17) is 27.9 Å². The van der Waals surface area contributed by atoms with E-state index < -0.39 is 17.8 Å². The summed E-state index contributed by atoms with van der Waals surface area (Å²) in [6.07, 6.45) is 1.25. The van der Waals surface area contributed by atoms with Gasteiger partial charge in [-0.15, -0.1) is 0 Å². The molecule has 0 spiro atoms. The number of hydrogen-bond acceptors (Lipinski definition) is 5. The summed E-state index contributed by atoms with van der Waals surface area (Å²) in [4.78, 5) is 36.4. The number of anilines is 1. The molecule has 2 N–H and O–H groups in total. The minimum atomic E-state index is -0.983. The first-order chi connectivity index (χ1) is 15.3. The minimum absolute atomic E-state index is 0.203. The van der Waals surface area contributed by atoms with Crippen molar-refractivity contribution in [2.75, 3.05) is 5.32 Å². The van der Waals surface area contributed by atoms with Crippen molar-refractivity contribution in [3.63, 3.8) is 0 Å². The summed E-state index contributed by atoms with van der Waals surface area (Å²) >= 11 is 12.0. The first kappa shape index (κ1) is 23.0. The highest BCUT2D eigenvalue weighted by molar-refractivity contribution is 6.40. The Morgan fingerprint density at radius 3 is 2.38 bits per heavy atom. The number of aryl methyl sites for hydroxylation is 1. The monoisotopic (exact) mass is 469 g/mol. The molecular formula is C23H17Cl2N3O4. The van der Waals surface area contributed by atoms with E-state index in [1.54, 1.807) is 60.7 Å². The Morgan fingerprint density at radius 2 is 1.62 bits per heavy atom. The van der Waals surface area contributed by atoms with Gasteiger partial charge in [-0.3, -0.25) is 9.59 Å². The van der Waals surface area contributed by atoms with Crippen molar-refractivity contribution >= 4 is 52.9 Å². The van der Waals surface area contributed by atoms with E-state index in [-0.39, 0.29) is 16.3 Å². The second-order valence-electron chi connectivity index (χ2n) is 6.52. The second-order valence-corrected chi connectivity index (χ2v) is 7.34. The maximum Gasteiger partial charge on any atom is 0.345 e. The van der Waals surface area contributed by atoms with Gasteiger partial charge in [0.1, 0.15) is 5.75 Å². The van der Waals surface area contributed by atoms with Crippen LogP contribution in [0.15, 0.2) is 71.8 Å². The lowest BCUT2D eigenvalue weighted by atomic mass is 10.2. The van der Waals surface area contributed by atoms with Crippen molar-refractivity contribution in [2.45, 2.75) is 6.92 Å². The summed E-state index contributed by atoms with van der Waals surface area (Å²) in [7, 11) is 0. The number of carbonyl (C=O) groups is 3. The molecule has 0 aliphatic heterocycles. The van der Waals surface area contributed by atoms with Crippen LogP contribution in [0.1, 0.15) is 21.5 Å². The molecule has 0 aromatic heterocycles. The highest BCUT2D eigenvalue weighted by Crippen LogP contribution is 2.21. The van der Waals surface area contributed by atoms with E-state index in [0.717, 1.165) is 5.56 Å². The lowest BCUT2D eigenvalue weighted by molar-refractivity contribution is -0.136. The zero-order chi connectivity index (χ0) is 23.1. The molecule has 3 aromatic rings. The van der Waals surface area contributed by atoms with E-state index in [9.17, 15) is 14.4 Å². The van der Waals surface area contributed by atoms with Crippen LogP contribution in [0.25, 0.3) is 0 Å². The Bertz CT molecular complexity index is 1210. The molecule has 0 radical (unpaired) electrons. The zero-order valence-corrected chi connectivity index (χ0v) is 18.3. The molecule has 0 saturated carbocycles. The fourth-order valence-electron chi connectivity index (χ4n) is 2.53. The number of nitrogens with zero attached hydrogens (tertiary/aromatic N) is 1. The van der Waals surface area contributed by atoms with Gasteiger partial charge >= 0.3 is 17.8 Å². The molecule has 0 heterocycles. The number of amides is 2. The SMILES string of the molecule is Cc1ccc(NC(=O)C(=O)NN=Cc2ccccc2OC(=O)c2ccccc2Cl)cc1Cl. The van der Waals surface area contributed by atoms with Crippen molar-refractivity contribution in [3.05, 3.63) is 93.5 Å². The molecule has 0 aliphatic carbocycles. The van der Waals surface area contributed by atoms with Gasteiger partial charge in [0.15, 0.2) is 0 Å². The molecule has 9 heteroatoms. The third-order valence-corrected chi connectivity index (χ3v) is 4.96. The summed E-state index contributed by atoms with van der Waals surface area (Å²) in [5.41, 5.74) is 3.95. The largest absolute Gasteiger partial charge is 0.422 e. The molecule has 0 bridgehead atoms. The predicted molar refractivity (Wildman–Crippen MR) is 123 cm³/mol. The van der Waals surface area contributed by atoms with Gasteiger partial charge < -0.3 is 10.1 Å². The molecule has 0 fully saturated rings. The lowest BCUT2D eigenvalue weighted by Crippen LogP contribution is -2.32. The van der Waals surface area contributed by atoms with Crippen LogP contribution in [-0.4, -0.2) is 24.0 Å². The molecule has 32 heavy (non-hydrogen) atoms. The summed E-state index contributed by atoms with van der Waals surface area (Å²) in [5.74, 6) is -2.34. The average Bonchev–Trinajstić information content (AvgIpc) is 2.77. The number of rotatable bonds is 5. The molecule has 3 aromatic carbocycles. The molecule has 0 atom stereocenters. The Balaban J connectivity index is 1.63. The van der Waals surface area contributed by atoms with E-state index >= 15 is 0 Å². The molecule has 0 unspecified atom stereocenters. The number of hydrogen-bond donors (Lipinski definition) is 2. The molecule has 7 nitrogen and oxygen atoms in total. The summed E-state index contributed by atoms with van der Waals surface area (Å²) in [5, 5.41) is 6.92. The Morgan fingerprint density at radius 1 is 0.906 bits per heavy atom. The van der Waals surface area contributed by atoms with Gasteiger partial charge in [-0.25, -0.2) is 10.2 Å². The van der Waals surface area contributed by atoms with Gasteiger partial charge in [0.05, 0.1) is 16.8 Å². The molecule has 162 valence electrons. The maximum absolute atomic E-state index is 12.4. The van der Waals surface area contributed by atoms with Crippen molar-refractivity contribution in [3.8, 4) is 5.75 Å². The Labute approximate surface area is 194 Å². The van der Waals surface area contributed by atoms with Crippen LogP contribution >= 0.6 is 23.2 Å². The number of benzene rings is 3. The van der Waals surface area contributed by atoms with Crippen LogP contribution in [0.2, 0.25) is 10.0 Å². The number of nitrogens with one attached hydrogen (secondary N) is 2. The van der Waals surface area contributed by atoms with Crippen molar-refractivity contribution < 1.29 is 19.1 Å². The van der Waals surface area contributed by atoms with Gasteiger partial charge in [0.2, 0.25) is 0 Å². The summed E-state index contributed by atoms with van der Waals surface area (Å²) in [6, 6.07) is 17.9. The van der Waals surface area contributed by atoms with E-state index in [1.807, 2.05) is 6.92 Å². The first-order valence-electron chi connectivity index (χ1n) is 9.31. The summed E-state index contributed by atoms with van der Waals surface area (Å²) in [6.45, 7) is 1.82. The van der Waals surface area contributed by atoms with Crippen molar-refractivity contribution in [2.24, 2.45) is 5.10 Å². The van der Waals surface area contributed by atoms with Crippen LogP contribution in [0, 0.1) is 6.92 Å². The zero-order valence-electron chi connectivity index (χ0n) is 16.8. The normalized spacial score (nSPS) is 10.6. The highest BCUT2D eigenvalue weighted by Gasteiger charge is 2.15. The number of esters is 1. The standard InChI is InChI=1S/C23H17Cl2N3O4/c1-14-10-11-16(12-19(14)25)27-21(29)22(30)28-26-13-15-6-2-5-9-20(15)32-23(31)17-7-3-4-8-18(17)24/h2-13H,1H3,(H,27,29)(H,28,30). The fraction of sp³-hybridized carbons (Fsp3) is 0.0435. The van der Waals surface area contributed by atoms with Crippen LogP contribution < -0.4 is 15.5 Å². The molecule has 0 saturated heterocycles. The van der Waals surface area contributed by atoms with Gasteiger partial charge in [0.25, 0.3) is 0 Å². The van der Waals surface area contributed by atoms with Crippen molar-refractivity contribution in [1.82, 2.24) is 5.43 Å². The van der Waals surface area contributed by atoms with E-state index in [0.29, 0.717) is 16.3 Å². The van der Waals surface area contributed by atoms with Crippen LogP contribution in [0.3, 0.4) is 0 Å². The maximum atomic E-state index is 12.4. The van der Waals surface area contributed by atoms with Gasteiger partial charge in [-0.05, 0) is 48.9 Å². The molecule has 2 amide bonds. The number of halogens is 2. The Kier molecular flexibility index (Phi) is 7.59. The highest BCUT2D eigenvalue weighted by atomic mass is 35.5. The predicted octanol–water partition coefficient (Wildman–Crippen LogP) is 4.61. The molecular weight excluding hydrogens is 453 g/mol. The quantitative estimate of drug-likeness (QED) is 0.187. The van der Waals surface area contributed by atoms with Crippen LogP contribution in [0.4, 0.5) is 5.69 Å².